The van der Waals surface area contributed by atoms with E-state index in [0.717, 1.165) is 29.5 Å². The molecule has 3 aromatic rings. The monoisotopic (exact) mass is 1570 g/mol. The third-order valence-corrected chi connectivity index (χ3v) is 25.2. The molecule has 6 fully saturated rings. The maximum Gasteiger partial charge on any atom is 0.300 e. The van der Waals surface area contributed by atoms with Crippen molar-refractivity contribution in [1.29, 1.82) is 0 Å². The van der Waals surface area contributed by atoms with Gasteiger partial charge >= 0.3 is 0 Å². The average Bonchev–Trinajstić information content (AvgIpc) is 1.56. The molecule has 28 heteroatoms. The number of benzene rings is 3. The first-order valence-corrected chi connectivity index (χ1v) is 42.2. The molecule has 9 rings (SSSR count). The molecular weight excluding hydrogens is 1450 g/mol. The van der Waals surface area contributed by atoms with Crippen molar-refractivity contribution < 1.29 is 59.1 Å². The molecule has 4 amide bonds. The summed E-state index contributed by atoms with van der Waals surface area (Å²) in [6.07, 6.45) is 8.12. The lowest BCUT2D eigenvalue weighted by Crippen LogP contribution is -2.64. The summed E-state index contributed by atoms with van der Waals surface area (Å²) < 4.78 is 84.0. The van der Waals surface area contributed by atoms with Crippen LogP contribution in [0.15, 0.2) is 125 Å². The van der Waals surface area contributed by atoms with Crippen molar-refractivity contribution >= 4 is 93.2 Å². The lowest BCUT2D eigenvalue weighted by atomic mass is 9.77. The van der Waals surface area contributed by atoms with E-state index < -0.39 is 69.0 Å². The van der Waals surface area contributed by atoms with Crippen LogP contribution in [0.2, 0.25) is 0 Å². The number of carbonyl (C=O) groups excluding carboxylic acids is 5. The van der Waals surface area contributed by atoms with Crippen molar-refractivity contribution in [2.45, 2.75) is 206 Å². The highest BCUT2D eigenvalue weighted by Crippen LogP contribution is 2.60. The summed E-state index contributed by atoms with van der Waals surface area (Å²) in [6, 6.07) is 20.7. The molecule has 0 bridgehead atoms. The largest absolute Gasteiger partial charge is 0.481 e. The van der Waals surface area contributed by atoms with E-state index in [1.807, 2.05) is 123 Å². The zero-order valence-corrected chi connectivity index (χ0v) is 71.7. The van der Waals surface area contributed by atoms with Crippen LogP contribution in [0.25, 0.3) is 4.85 Å². The summed E-state index contributed by atoms with van der Waals surface area (Å²) in [7, 11) is -3.32. The number of carboxylic acids is 1. The van der Waals surface area contributed by atoms with Gasteiger partial charge in [0.25, 0.3) is 5.97 Å². The highest BCUT2D eigenvalue weighted by Gasteiger charge is 2.68. The van der Waals surface area contributed by atoms with Gasteiger partial charge in [0, 0.05) is 104 Å². The summed E-state index contributed by atoms with van der Waals surface area (Å²) >= 11 is 0. The topological polar surface area (TPSA) is 322 Å². The molecule has 22 nitrogen and oxygen atoms in total. The van der Waals surface area contributed by atoms with Gasteiger partial charge in [0.2, 0.25) is 59.2 Å². The zero-order valence-electron chi connectivity index (χ0n) is 65.7. The van der Waals surface area contributed by atoms with E-state index in [1.54, 1.807) is 83.2 Å². The molecule has 3 aliphatic heterocycles. The van der Waals surface area contributed by atoms with E-state index in [4.69, 9.17) is 16.5 Å². The van der Waals surface area contributed by atoms with Gasteiger partial charge in [-0.15, -0.1) is 47.5 Å². The lowest BCUT2D eigenvalue weighted by Gasteiger charge is -2.39. The molecule has 0 spiro atoms. The number of ketones is 1. The molecule has 8 N–H and O–H groups in total. The Morgan fingerprint density at radius 2 is 0.810 bits per heavy atom. The first-order chi connectivity index (χ1) is 47.8. The van der Waals surface area contributed by atoms with Crippen LogP contribution in [0.5, 0.6) is 0 Å². The maximum atomic E-state index is 13.6. The van der Waals surface area contributed by atoms with Gasteiger partial charge in [-0.05, 0) is 183 Å². The molecule has 0 radical (unpaired) electrons. The molecule has 588 valence electrons. The molecule has 3 saturated carbocycles. The number of Topliss-reactive ketones (excluding diaryl/α,β-unsaturated/α-hetero) is 1. The van der Waals surface area contributed by atoms with E-state index in [-0.39, 0.29) is 91.8 Å². The van der Waals surface area contributed by atoms with Gasteiger partial charge in [0.05, 0.1) is 14.7 Å². The quantitative estimate of drug-likeness (QED) is 0.0441. The molecule has 6 aliphatic rings. The van der Waals surface area contributed by atoms with Crippen molar-refractivity contribution in [3.8, 4) is 0 Å². The maximum absolute atomic E-state index is 13.6. The Balaban J connectivity index is 0.000000490. The number of allylic oxidation sites excluding steroid dienone is 3. The number of rotatable bonds is 16. The van der Waals surface area contributed by atoms with Gasteiger partial charge in [0.1, 0.15) is 16.9 Å². The molecular formula is C77H124N9O13P3S3. The minimum Gasteiger partial charge on any atom is -0.481 e. The van der Waals surface area contributed by atoms with Crippen molar-refractivity contribution in [2.75, 3.05) is 51.8 Å². The van der Waals surface area contributed by atoms with Crippen molar-refractivity contribution in [2.24, 2.45) is 51.8 Å². The number of fused-ring (bicyclic) bond motifs is 3. The van der Waals surface area contributed by atoms with Gasteiger partial charge in [-0.1, -0.05) is 98.8 Å². The Hall–Kier alpha value is -5.63. The average molecular weight is 1570 g/mol. The normalized spacial score (nSPS) is 26.8. The van der Waals surface area contributed by atoms with E-state index in [9.17, 15) is 49.2 Å². The fraction of sp³-hybridized carbons (Fsp3) is 0.597. The minimum atomic E-state index is -3.66. The molecule has 105 heavy (non-hydrogen) atoms. The number of aliphatic carboxylic acids is 1. The molecule has 8 unspecified atom stereocenters. The SMILES string of the molecule is C=CCC1C(=O)C[C@@]2(C)CN(S(=O)(=O)c3ccc(C)cc3)C[C@@H]12.C=CCC1[C@@H]2CN(S(=O)(=O)c3ccc(C)cc3)C[C@]2(C)CC1(NC(C)=O)C(=O)NC(C)(C)C.C=CCC1[C@@H]2CN(S(=O)(=O)c3ccc(C)cc3)C[C@]2(C)CC1(NC(C)=O)C(=O)NC(C)(C)C.CC(=O)O.CP.N.PCP.[C-]#[N+]C(C)(C)C. The fourth-order valence-electron chi connectivity index (χ4n) is 15.6. The summed E-state index contributed by atoms with van der Waals surface area (Å²) in [5.74, 6) is -1.24. The van der Waals surface area contributed by atoms with E-state index >= 15 is 0 Å². The number of carbonyl (C=O) groups is 6. The van der Waals surface area contributed by atoms with Gasteiger partial charge in [0.15, 0.2) is 0 Å². The van der Waals surface area contributed by atoms with Gasteiger partial charge in [-0.25, -0.2) is 31.8 Å². The minimum absolute atomic E-state index is 0. The van der Waals surface area contributed by atoms with Crippen LogP contribution in [0.3, 0.4) is 0 Å². The summed E-state index contributed by atoms with van der Waals surface area (Å²) in [6.45, 7) is 54.9. The number of nitrogens with one attached hydrogen (secondary N) is 4. The second-order valence-electron chi connectivity index (χ2n) is 32.3. The predicted octanol–water partition coefficient (Wildman–Crippen LogP) is 11.9. The van der Waals surface area contributed by atoms with Crippen LogP contribution >= 0.6 is 27.7 Å². The number of nitrogens with zero attached hydrogens (tertiary/aromatic N) is 4. The Bertz CT molecular complexity index is 3760. The second-order valence-corrected chi connectivity index (χ2v) is 40.0. The van der Waals surface area contributed by atoms with Crippen LogP contribution in [0, 0.1) is 79.1 Å². The van der Waals surface area contributed by atoms with Gasteiger partial charge in [-0.3, -0.25) is 28.8 Å². The number of hydrogen-bond acceptors (Lipinski definition) is 13. The Morgan fingerprint density at radius 1 is 0.552 bits per heavy atom. The van der Waals surface area contributed by atoms with Crippen molar-refractivity contribution in [1.82, 2.24) is 40.3 Å². The standard InChI is InChI=1S/2C25H37N3O4S.C18H23NO3S.C5H9N.C2H4O2.CH6P2.CH5P.H3N/c2*1-8-9-20-21-14-28(33(31,32)19-12-10-17(2)11-13-19)16-24(21,7)15-25(20,26-18(3)29)22(30)27-23(4,5)6;1-4-5-15-16-11-19(12-18(16,3)10-17(15)20)23(21,22)14-8-6-13(2)7-9-14;1-5(2,3)6-4;1-2(3)4;2-1-3;1-2;/h2*8,10-13,20-21H,1,9,14-16H2,2-7H3,(H,26,29)(H,27,30);4,6-9,15-16H,1,5,10-12H2,2-3H3;1-3H3;1H3,(H,3,4);1-3H2;2H2,1H3;1H3/t2*20?,21-,24-,25?;15?,16-,18-;;;;;/m000...../s1. The lowest BCUT2D eigenvalue weighted by molar-refractivity contribution is -0.136. The van der Waals surface area contributed by atoms with Crippen LogP contribution in [0.4, 0.5) is 0 Å². The highest BCUT2D eigenvalue weighted by atomic mass is 32.2. The number of aryl methyl sites for hydroxylation is 3. The first-order valence-electron chi connectivity index (χ1n) is 35.1. The smallest absolute Gasteiger partial charge is 0.300 e. The molecule has 3 aromatic carbocycles. The van der Waals surface area contributed by atoms with Crippen molar-refractivity contribution in [3.63, 3.8) is 0 Å². The molecule has 0 aromatic heterocycles. The molecule has 14 atom stereocenters. The van der Waals surface area contributed by atoms with Crippen LogP contribution in [0.1, 0.15) is 159 Å². The van der Waals surface area contributed by atoms with Gasteiger partial charge in [-0.2, -0.15) is 12.9 Å². The van der Waals surface area contributed by atoms with Gasteiger partial charge < -0.3 is 37.4 Å². The molecule has 3 saturated heterocycles. The predicted molar refractivity (Wildman–Crippen MR) is 432 cm³/mol. The van der Waals surface area contributed by atoms with E-state index in [0.29, 0.717) is 82.7 Å². The summed E-state index contributed by atoms with van der Waals surface area (Å²) in [4.78, 5) is 77.1. The Morgan fingerprint density at radius 3 is 1.05 bits per heavy atom. The van der Waals surface area contributed by atoms with Crippen LogP contribution in [-0.4, -0.2) is 158 Å². The number of hydrogen-bond donors (Lipinski definition) is 6. The third kappa shape index (κ3) is 24.2. The zero-order chi connectivity index (χ0) is 80.0. The highest BCUT2D eigenvalue weighted by molar-refractivity contribution is 7.89. The number of sulfonamides is 3. The fourth-order valence-corrected chi connectivity index (χ4v) is 20.4. The summed E-state index contributed by atoms with van der Waals surface area (Å²) in [5, 5.41) is 19.5. The van der Waals surface area contributed by atoms with Crippen LogP contribution in [-0.2, 0) is 58.8 Å². The number of carboxylic acid groups (broad SMARTS) is 1. The van der Waals surface area contributed by atoms with Crippen molar-refractivity contribution in [3.05, 3.63) is 139 Å². The Labute approximate surface area is 636 Å². The first kappa shape index (κ1) is 95.4. The third-order valence-electron chi connectivity index (χ3n) is 19.7. The van der Waals surface area contributed by atoms with E-state index in [1.165, 1.54) is 22.5 Å². The number of amides is 4. The molecule has 3 heterocycles. The molecule has 3 aliphatic carbocycles. The summed E-state index contributed by atoms with van der Waals surface area (Å²) in [5.41, 5.74) is -1.51. The Kier molecular flexibility index (Phi) is 34.7. The van der Waals surface area contributed by atoms with E-state index in [2.05, 4.69) is 73.6 Å². The van der Waals surface area contributed by atoms with Crippen LogP contribution < -0.4 is 27.4 Å². The second kappa shape index (κ2) is 38.1.